The van der Waals surface area contributed by atoms with Gasteiger partial charge in [0.15, 0.2) is 17.5 Å². The predicted molar refractivity (Wildman–Crippen MR) is 239 cm³/mol. The lowest BCUT2D eigenvalue weighted by molar-refractivity contribution is 0.660. The van der Waals surface area contributed by atoms with E-state index in [9.17, 15) is 0 Å². The SMILES string of the molecule is CC1(C)c2ccccc2-c2c(-c3ccc4c(c3)c3c(-c5nc(-c6ccccc6)nc(-c6ccc(-c7ccccc7)cc6)n5)cccc3n4-c3ccccc3)cccc21. The van der Waals surface area contributed by atoms with Crippen molar-refractivity contribution in [3.05, 3.63) is 205 Å². The van der Waals surface area contributed by atoms with Crippen LogP contribution >= 0.6 is 0 Å². The fraction of sp³-hybridized carbons (Fsp3) is 0.0556. The zero-order valence-corrected chi connectivity index (χ0v) is 32.3. The first-order valence-corrected chi connectivity index (χ1v) is 19.9. The van der Waals surface area contributed by atoms with E-state index in [4.69, 9.17) is 15.0 Å². The van der Waals surface area contributed by atoms with E-state index in [2.05, 4.69) is 188 Å². The minimum atomic E-state index is -0.0861. The molecule has 0 aliphatic heterocycles. The molecule has 0 unspecified atom stereocenters. The number of aromatic nitrogens is 4. The Kier molecular flexibility index (Phi) is 7.80. The summed E-state index contributed by atoms with van der Waals surface area (Å²) in [4.78, 5) is 15.6. The lowest BCUT2D eigenvalue weighted by Gasteiger charge is -2.21. The van der Waals surface area contributed by atoms with Crippen LogP contribution in [0.15, 0.2) is 194 Å². The van der Waals surface area contributed by atoms with Gasteiger partial charge in [-0.1, -0.05) is 178 Å². The van der Waals surface area contributed by atoms with Gasteiger partial charge in [0, 0.05) is 38.6 Å². The Hall–Kier alpha value is -7.43. The van der Waals surface area contributed by atoms with Crippen LogP contribution in [0.2, 0.25) is 0 Å². The number of hydrogen-bond donors (Lipinski definition) is 0. The van der Waals surface area contributed by atoms with Gasteiger partial charge in [0.25, 0.3) is 0 Å². The second-order valence-electron chi connectivity index (χ2n) is 15.6. The molecular weight excluding hydrogens is 705 g/mol. The average Bonchev–Trinajstić information content (AvgIpc) is 3.75. The topological polar surface area (TPSA) is 43.6 Å². The molecule has 1 aliphatic carbocycles. The van der Waals surface area contributed by atoms with Crippen LogP contribution in [0.3, 0.4) is 0 Å². The Morgan fingerprint density at radius 1 is 0.379 bits per heavy atom. The summed E-state index contributed by atoms with van der Waals surface area (Å²) in [7, 11) is 0. The molecule has 10 aromatic rings. The number of para-hydroxylation sites is 1. The molecule has 2 heterocycles. The van der Waals surface area contributed by atoms with Crippen molar-refractivity contribution in [3.8, 4) is 73.2 Å². The first-order valence-electron chi connectivity index (χ1n) is 19.9. The normalized spacial score (nSPS) is 12.8. The van der Waals surface area contributed by atoms with Gasteiger partial charge in [-0.25, -0.2) is 15.0 Å². The Morgan fingerprint density at radius 2 is 0.897 bits per heavy atom. The van der Waals surface area contributed by atoms with Crippen molar-refractivity contribution in [2.45, 2.75) is 19.3 Å². The molecule has 0 fully saturated rings. The summed E-state index contributed by atoms with van der Waals surface area (Å²) >= 11 is 0. The van der Waals surface area contributed by atoms with Crippen molar-refractivity contribution in [1.82, 2.24) is 19.5 Å². The molecule has 2 aromatic heterocycles. The monoisotopic (exact) mass is 742 g/mol. The number of nitrogens with zero attached hydrogens (tertiary/aromatic N) is 4. The molecule has 4 nitrogen and oxygen atoms in total. The highest BCUT2D eigenvalue weighted by atomic mass is 15.0. The Balaban J connectivity index is 1.16. The largest absolute Gasteiger partial charge is 0.309 e. The Labute approximate surface area is 337 Å². The van der Waals surface area contributed by atoms with Crippen LogP contribution < -0.4 is 0 Å². The fourth-order valence-electron chi connectivity index (χ4n) is 9.06. The molecule has 0 N–H and O–H groups in total. The van der Waals surface area contributed by atoms with Crippen molar-refractivity contribution in [1.29, 1.82) is 0 Å². The lowest BCUT2D eigenvalue weighted by atomic mass is 9.82. The second-order valence-corrected chi connectivity index (χ2v) is 15.6. The maximum Gasteiger partial charge on any atom is 0.164 e. The predicted octanol–water partition coefficient (Wildman–Crippen LogP) is 13.6. The van der Waals surface area contributed by atoms with E-state index in [1.54, 1.807) is 0 Å². The summed E-state index contributed by atoms with van der Waals surface area (Å²) in [5, 5.41) is 2.25. The van der Waals surface area contributed by atoms with Gasteiger partial charge in [-0.15, -0.1) is 0 Å². The molecule has 0 saturated carbocycles. The number of fused-ring (bicyclic) bond motifs is 6. The number of rotatable bonds is 6. The summed E-state index contributed by atoms with van der Waals surface area (Å²) < 4.78 is 2.37. The van der Waals surface area contributed by atoms with Gasteiger partial charge in [0.05, 0.1) is 11.0 Å². The van der Waals surface area contributed by atoms with Gasteiger partial charge in [-0.3, -0.25) is 0 Å². The Morgan fingerprint density at radius 3 is 1.64 bits per heavy atom. The smallest absolute Gasteiger partial charge is 0.164 e. The average molecular weight is 743 g/mol. The van der Waals surface area contributed by atoms with E-state index in [-0.39, 0.29) is 5.41 Å². The number of hydrogen-bond acceptors (Lipinski definition) is 3. The van der Waals surface area contributed by atoms with Crippen LogP contribution in [-0.2, 0) is 5.41 Å². The standard InChI is InChI=1S/C54H38N4/c1-54(2)45-25-13-12-22-42(45)49-41(23-14-26-46(49)54)39-32-33-47-44(34-39)50-43(24-15-27-48(50)58(47)40-20-10-5-11-21-40)53-56-51(37-18-8-4-9-19-37)55-52(57-53)38-30-28-36(29-31-38)35-16-6-3-7-17-35/h3-34H,1-2H3. The molecule has 58 heavy (non-hydrogen) atoms. The molecule has 1 aliphatic rings. The molecular formula is C54H38N4. The van der Waals surface area contributed by atoms with Gasteiger partial charge >= 0.3 is 0 Å². The molecule has 0 saturated heterocycles. The maximum atomic E-state index is 5.28. The summed E-state index contributed by atoms with van der Waals surface area (Å²) in [6.07, 6.45) is 0. The van der Waals surface area contributed by atoms with Crippen LogP contribution in [0, 0.1) is 0 Å². The minimum absolute atomic E-state index is 0.0861. The van der Waals surface area contributed by atoms with Gasteiger partial charge in [-0.2, -0.15) is 0 Å². The lowest BCUT2D eigenvalue weighted by Crippen LogP contribution is -2.14. The third-order valence-electron chi connectivity index (χ3n) is 11.9. The first kappa shape index (κ1) is 33.9. The van der Waals surface area contributed by atoms with Gasteiger partial charge in [-0.05, 0) is 74.8 Å². The van der Waals surface area contributed by atoms with Crippen LogP contribution in [0.4, 0.5) is 0 Å². The zero-order chi connectivity index (χ0) is 38.8. The molecule has 4 heteroatoms. The minimum Gasteiger partial charge on any atom is -0.309 e. The summed E-state index contributed by atoms with van der Waals surface area (Å²) in [6, 6.07) is 68.9. The highest BCUT2D eigenvalue weighted by Crippen LogP contribution is 2.52. The number of benzene rings is 8. The van der Waals surface area contributed by atoms with Crippen molar-refractivity contribution >= 4 is 21.8 Å². The molecule has 0 radical (unpaired) electrons. The van der Waals surface area contributed by atoms with E-state index in [0.29, 0.717) is 17.5 Å². The van der Waals surface area contributed by atoms with Crippen molar-refractivity contribution < 1.29 is 0 Å². The molecule has 274 valence electrons. The highest BCUT2D eigenvalue weighted by Gasteiger charge is 2.36. The van der Waals surface area contributed by atoms with Crippen LogP contribution in [-0.4, -0.2) is 19.5 Å². The molecule has 0 amide bonds. The van der Waals surface area contributed by atoms with Gasteiger partial charge in [0.2, 0.25) is 0 Å². The van der Waals surface area contributed by atoms with Crippen molar-refractivity contribution in [2.75, 3.05) is 0 Å². The van der Waals surface area contributed by atoms with Gasteiger partial charge < -0.3 is 4.57 Å². The van der Waals surface area contributed by atoms with Crippen molar-refractivity contribution in [2.24, 2.45) is 0 Å². The quantitative estimate of drug-likeness (QED) is 0.170. The molecule has 0 spiro atoms. The molecule has 11 rings (SSSR count). The third-order valence-corrected chi connectivity index (χ3v) is 11.9. The summed E-state index contributed by atoms with van der Waals surface area (Å²) in [6.45, 7) is 4.68. The first-order chi connectivity index (χ1) is 28.5. The van der Waals surface area contributed by atoms with E-state index in [1.807, 2.05) is 24.3 Å². The summed E-state index contributed by atoms with van der Waals surface area (Å²) in [5.74, 6) is 1.91. The van der Waals surface area contributed by atoms with Gasteiger partial charge in [0.1, 0.15) is 0 Å². The molecule has 0 atom stereocenters. The maximum absolute atomic E-state index is 5.28. The zero-order valence-electron chi connectivity index (χ0n) is 32.3. The van der Waals surface area contributed by atoms with Crippen LogP contribution in [0.5, 0.6) is 0 Å². The molecule has 0 bridgehead atoms. The summed E-state index contributed by atoms with van der Waals surface area (Å²) in [5.41, 5.74) is 16.2. The third kappa shape index (κ3) is 5.41. The van der Waals surface area contributed by atoms with E-state index in [0.717, 1.165) is 49.7 Å². The Bertz CT molecular complexity index is 3160. The highest BCUT2D eigenvalue weighted by molar-refractivity contribution is 6.16. The van der Waals surface area contributed by atoms with E-state index < -0.39 is 0 Å². The molecule has 8 aromatic carbocycles. The van der Waals surface area contributed by atoms with E-state index in [1.165, 1.54) is 38.9 Å². The van der Waals surface area contributed by atoms with Crippen molar-refractivity contribution in [3.63, 3.8) is 0 Å². The van der Waals surface area contributed by atoms with Crippen LogP contribution in [0.1, 0.15) is 25.0 Å². The fourth-order valence-corrected chi connectivity index (χ4v) is 9.06. The second kappa shape index (κ2) is 13.4. The van der Waals surface area contributed by atoms with E-state index >= 15 is 0 Å². The van der Waals surface area contributed by atoms with Crippen LogP contribution in [0.25, 0.3) is 95.0 Å².